The molecule has 0 bridgehead atoms. The molecule has 9 heteroatoms. The first-order chi connectivity index (χ1) is 12.0. The van der Waals surface area contributed by atoms with Gasteiger partial charge < -0.3 is 4.42 Å². The molecule has 0 atom stereocenters. The zero-order valence-electron chi connectivity index (χ0n) is 12.7. The molecule has 2 aromatic carbocycles. The van der Waals surface area contributed by atoms with E-state index in [-0.39, 0.29) is 17.3 Å². The van der Waals surface area contributed by atoms with E-state index >= 15 is 0 Å². The van der Waals surface area contributed by atoms with E-state index in [1.54, 1.807) is 0 Å². The molecule has 0 fully saturated rings. The summed E-state index contributed by atoms with van der Waals surface area (Å²) in [7, 11) is 0. The fraction of sp³-hybridized carbons (Fsp3) is 0.0625. The Labute approximate surface area is 150 Å². The summed E-state index contributed by atoms with van der Waals surface area (Å²) in [5, 5.41) is 20.8. The van der Waals surface area contributed by atoms with Crippen molar-refractivity contribution in [1.82, 2.24) is 10.2 Å². The van der Waals surface area contributed by atoms with Crippen LogP contribution in [-0.2, 0) is 6.42 Å². The molecule has 1 aromatic heterocycles. The highest BCUT2D eigenvalue weighted by Gasteiger charge is 2.15. The zero-order chi connectivity index (χ0) is 17.8. The van der Waals surface area contributed by atoms with Crippen LogP contribution in [0.4, 0.5) is 11.7 Å². The summed E-state index contributed by atoms with van der Waals surface area (Å²) < 4.78 is 6.35. The number of aromatic nitrogens is 2. The molecular formula is C16H11BrN4O4. The lowest BCUT2D eigenvalue weighted by Gasteiger charge is -2.00. The average Bonchev–Trinajstić information content (AvgIpc) is 3.04. The Bertz CT molecular complexity index is 924. The quantitative estimate of drug-likeness (QED) is 0.515. The van der Waals surface area contributed by atoms with Crippen molar-refractivity contribution < 1.29 is 14.1 Å². The Kier molecular flexibility index (Phi) is 4.85. The normalized spacial score (nSPS) is 10.4. The predicted molar refractivity (Wildman–Crippen MR) is 92.3 cm³/mol. The van der Waals surface area contributed by atoms with Gasteiger partial charge in [0.25, 0.3) is 11.6 Å². The van der Waals surface area contributed by atoms with Crippen molar-refractivity contribution in [3.63, 3.8) is 0 Å². The summed E-state index contributed by atoms with van der Waals surface area (Å²) in [6, 6.07) is 12.9. The molecule has 126 valence electrons. The smallest absolute Gasteiger partial charge is 0.322 e. The molecule has 1 amide bonds. The number of benzene rings is 2. The van der Waals surface area contributed by atoms with E-state index in [0.717, 1.165) is 10.0 Å². The van der Waals surface area contributed by atoms with E-state index in [4.69, 9.17) is 4.42 Å². The van der Waals surface area contributed by atoms with Crippen molar-refractivity contribution in [2.45, 2.75) is 6.42 Å². The van der Waals surface area contributed by atoms with Gasteiger partial charge in [0, 0.05) is 22.2 Å². The number of nitrogens with zero attached hydrogens (tertiary/aromatic N) is 3. The fourth-order valence-electron chi connectivity index (χ4n) is 2.08. The number of nitrogens with one attached hydrogen (secondary N) is 1. The number of hydrogen-bond acceptors (Lipinski definition) is 6. The average molecular weight is 403 g/mol. The van der Waals surface area contributed by atoms with Gasteiger partial charge in [-0.2, -0.15) is 0 Å². The van der Waals surface area contributed by atoms with Crippen LogP contribution in [0.3, 0.4) is 0 Å². The van der Waals surface area contributed by atoms with E-state index in [2.05, 4.69) is 31.4 Å². The number of amides is 1. The van der Waals surface area contributed by atoms with E-state index < -0.39 is 10.8 Å². The Morgan fingerprint density at radius 2 is 1.96 bits per heavy atom. The molecule has 25 heavy (non-hydrogen) atoms. The van der Waals surface area contributed by atoms with Gasteiger partial charge in [-0.3, -0.25) is 20.2 Å². The molecule has 0 unspecified atom stereocenters. The number of anilines is 1. The number of halogens is 1. The number of carbonyl (C=O) groups is 1. The second-order valence-electron chi connectivity index (χ2n) is 5.07. The maximum atomic E-state index is 12.1. The second kappa shape index (κ2) is 7.22. The fourth-order valence-corrected chi connectivity index (χ4v) is 2.35. The number of nitro groups is 1. The molecule has 0 aliphatic carbocycles. The Morgan fingerprint density at radius 1 is 1.20 bits per heavy atom. The van der Waals surface area contributed by atoms with Crippen molar-refractivity contribution in [3.8, 4) is 0 Å². The maximum Gasteiger partial charge on any atom is 0.322 e. The van der Waals surface area contributed by atoms with Crippen LogP contribution < -0.4 is 5.32 Å². The van der Waals surface area contributed by atoms with Crippen molar-refractivity contribution in [1.29, 1.82) is 0 Å². The predicted octanol–water partition coefficient (Wildman–Crippen LogP) is 3.58. The van der Waals surface area contributed by atoms with Crippen LogP contribution >= 0.6 is 15.9 Å². The Hall–Kier alpha value is -3.07. The van der Waals surface area contributed by atoms with E-state index in [9.17, 15) is 14.9 Å². The third-order valence-electron chi connectivity index (χ3n) is 3.28. The number of hydrogen-bond donors (Lipinski definition) is 1. The summed E-state index contributed by atoms with van der Waals surface area (Å²) in [6.07, 6.45) is 0.424. The van der Waals surface area contributed by atoms with Gasteiger partial charge in [0.15, 0.2) is 0 Å². The first kappa shape index (κ1) is 16.8. The highest BCUT2D eigenvalue weighted by Crippen LogP contribution is 2.17. The minimum atomic E-state index is -0.570. The molecule has 3 aromatic rings. The van der Waals surface area contributed by atoms with Gasteiger partial charge in [0.2, 0.25) is 5.89 Å². The monoisotopic (exact) mass is 402 g/mol. The van der Waals surface area contributed by atoms with Crippen LogP contribution in [0.25, 0.3) is 0 Å². The lowest BCUT2D eigenvalue weighted by molar-refractivity contribution is -0.384. The molecule has 1 heterocycles. The number of carbonyl (C=O) groups excluding carboxylic acids is 1. The highest BCUT2D eigenvalue weighted by molar-refractivity contribution is 9.10. The summed E-state index contributed by atoms with van der Waals surface area (Å²) in [5.41, 5.74) is 0.930. The van der Waals surface area contributed by atoms with Gasteiger partial charge in [0.05, 0.1) is 11.3 Å². The van der Waals surface area contributed by atoms with E-state index in [1.165, 1.54) is 24.3 Å². The van der Waals surface area contributed by atoms with Crippen LogP contribution in [0.5, 0.6) is 0 Å². The van der Waals surface area contributed by atoms with Crippen LogP contribution in [0, 0.1) is 10.1 Å². The van der Waals surface area contributed by atoms with Crippen LogP contribution in [0.2, 0.25) is 0 Å². The van der Waals surface area contributed by atoms with Crippen molar-refractivity contribution in [2.75, 3.05) is 5.32 Å². The molecule has 1 N–H and O–H groups in total. The number of rotatable bonds is 5. The van der Waals surface area contributed by atoms with Gasteiger partial charge in [-0.15, -0.1) is 5.10 Å². The van der Waals surface area contributed by atoms with Gasteiger partial charge in [-0.05, 0) is 23.8 Å². The minimum Gasteiger partial charge on any atom is -0.407 e. The van der Waals surface area contributed by atoms with Crippen LogP contribution in [0.1, 0.15) is 21.8 Å². The summed E-state index contributed by atoms with van der Waals surface area (Å²) in [5.74, 6) is -0.223. The van der Waals surface area contributed by atoms with Crippen molar-refractivity contribution in [3.05, 3.63) is 80.1 Å². The standard InChI is InChI=1S/C16H11BrN4O4/c17-12-6-4-10(5-7-12)8-14-19-20-16(25-14)18-15(22)11-2-1-3-13(9-11)21(23)24/h1-7,9H,8H2,(H,18,20,22). The van der Waals surface area contributed by atoms with Crippen molar-refractivity contribution >= 4 is 33.5 Å². The number of non-ortho nitro benzene ring substituents is 1. The molecule has 3 rings (SSSR count). The summed E-state index contributed by atoms with van der Waals surface area (Å²) in [6.45, 7) is 0. The molecular weight excluding hydrogens is 392 g/mol. The summed E-state index contributed by atoms with van der Waals surface area (Å²) >= 11 is 3.36. The van der Waals surface area contributed by atoms with Gasteiger partial charge >= 0.3 is 6.01 Å². The van der Waals surface area contributed by atoms with Gasteiger partial charge in [0.1, 0.15) is 0 Å². The minimum absolute atomic E-state index is 0.0661. The zero-order valence-corrected chi connectivity index (χ0v) is 14.3. The second-order valence-corrected chi connectivity index (χ2v) is 5.98. The highest BCUT2D eigenvalue weighted by atomic mass is 79.9. The van der Waals surface area contributed by atoms with E-state index in [0.29, 0.717) is 12.3 Å². The van der Waals surface area contributed by atoms with Gasteiger partial charge in [-0.25, -0.2) is 0 Å². The molecule has 0 saturated carbocycles. The number of nitro benzene ring substituents is 1. The lowest BCUT2D eigenvalue weighted by atomic mass is 10.1. The topological polar surface area (TPSA) is 111 Å². The molecule has 0 spiro atoms. The van der Waals surface area contributed by atoms with Gasteiger partial charge in [-0.1, -0.05) is 39.2 Å². The molecule has 0 radical (unpaired) electrons. The van der Waals surface area contributed by atoms with Crippen LogP contribution in [-0.4, -0.2) is 21.0 Å². The Balaban J connectivity index is 1.68. The summed E-state index contributed by atoms with van der Waals surface area (Å²) in [4.78, 5) is 22.3. The Morgan fingerprint density at radius 3 is 2.68 bits per heavy atom. The van der Waals surface area contributed by atoms with Crippen molar-refractivity contribution in [2.24, 2.45) is 0 Å². The first-order valence-corrected chi connectivity index (χ1v) is 7.93. The molecule has 0 aliphatic rings. The lowest BCUT2D eigenvalue weighted by Crippen LogP contribution is -2.12. The maximum absolute atomic E-state index is 12.1. The molecule has 0 aliphatic heterocycles. The largest absolute Gasteiger partial charge is 0.407 e. The third kappa shape index (κ3) is 4.27. The van der Waals surface area contributed by atoms with Crippen LogP contribution in [0.15, 0.2) is 57.4 Å². The first-order valence-electron chi connectivity index (χ1n) is 7.14. The third-order valence-corrected chi connectivity index (χ3v) is 3.80. The van der Waals surface area contributed by atoms with E-state index in [1.807, 2.05) is 24.3 Å². The SMILES string of the molecule is O=C(Nc1nnc(Cc2ccc(Br)cc2)o1)c1cccc([N+](=O)[O-])c1. The molecule has 8 nitrogen and oxygen atoms in total. The molecule has 0 saturated heterocycles.